The summed E-state index contributed by atoms with van der Waals surface area (Å²) < 4.78 is 0. The number of nitrogens with zero attached hydrogens (tertiary/aromatic N) is 1. The van der Waals surface area contributed by atoms with E-state index in [0.29, 0.717) is 5.54 Å². The fourth-order valence-corrected chi connectivity index (χ4v) is 2.84. The van der Waals surface area contributed by atoms with Crippen molar-refractivity contribution in [3.63, 3.8) is 0 Å². The van der Waals surface area contributed by atoms with Crippen LogP contribution < -0.4 is 5.32 Å². The molecule has 1 saturated heterocycles. The van der Waals surface area contributed by atoms with Crippen molar-refractivity contribution < 1.29 is 0 Å². The van der Waals surface area contributed by atoms with Gasteiger partial charge in [0.1, 0.15) is 0 Å². The van der Waals surface area contributed by atoms with Crippen LogP contribution in [-0.4, -0.2) is 36.6 Å². The van der Waals surface area contributed by atoms with Gasteiger partial charge in [-0.25, -0.2) is 0 Å². The van der Waals surface area contributed by atoms with Gasteiger partial charge in [0, 0.05) is 18.6 Å². The zero-order valence-corrected chi connectivity index (χ0v) is 8.81. The van der Waals surface area contributed by atoms with Crippen LogP contribution in [0.2, 0.25) is 0 Å². The van der Waals surface area contributed by atoms with Crippen LogP contribution in [0.15, 0.2) is 0 Å². The lowest BCUT2D eigenvalue weighted by Crippen LogP contribution is -2.45. The highest BCUT2D eigenvalue weighted by molar-refractivity contribution is 4.91. The number of hydrogen-bond donors (Lipinski definition) is 1. The standard InChI is InChI=1S/C11H22N2/c1-11(5-2-3-6-11)13-9-4-7-12-8-10-13/h12H,2-10H2,1H3. The van der Waals surface area contributed by atoms with Gasteiger partial charge in [-0.1, -0.05) is 12.8 Å². The van der Waals surface area contributed by atoms with Crippen LogP contribution in [-0.2, 0) is 0 Å². The zero-order valence-electron chi connectivity index (χ0n) is 8.81. The van der Waals surface area contributed by atoms with Crippen LogP contribution in [0.1, 0.15) is 39.0 Å². The molecule has 0 aromatic rings. The molecule has 1 N–H and O–H groups in total. The van der Waals surface area contributed by atoms with Crippen LogP contribution in [0.4, 0.5) is 0 Å². The van der Waals surface area contributed by atoms with Crippen LogP contribution in [0, 0.1) is 0 Å². The van der Waals surface area contributed by atoms with E-state index in [9.17, 15) is 0 Å². The second-order valence-electron chi connectivity index (χ2n) is 4.79. The fraction of sp³-hybridized carbons (Fsp3) is 1.00. The minimum Gasteiger partial charge on any atom is -0.315 e. The number of nitrogens with one attached hydrogen (secondary N) is 1. The van der Waals surface area contributed by atoms with Crippen molar-refractivity contribution in [3.05, 3.63) is 0 Å². The Morgan fingerprint density at radius 1 is 1.00 bits per heavy atom. The highest BCUT2D eigenvalue weighted by atomic mass is 15.2. The first-order valence-corrected chi connectivity index (χ1v) is 5.77. The van der Waals surface area contributed by atoms with E-state index in [0.717, 1.165) is 0 Å². The van der Waals surface area contributed by atoms with Crippen LogP contribution in [0.5, 0.6) is 0 Å². The summed E-state index contributed by atoms with van der Waals surface area (Å²) >= 11 is 0. The molecule has 0 aromatic heterocycles. The molecular formula is C11H22N2. The molecule has 2 nitrogen and oxygen atoms in total. The number of rotatable bonds is 1. The monoisotopic (exact) mass is 182 g/mol. The normalized spacial score (nSPS) is 30.2. The predicted octanol–water partition coefficient (Wildman–Crippen LogP) is 1.61. The Morgan fingerprint density at radius 3 is 2.54 bits per heavy atom. The van der Waals surface area contributed by atoms with Gasteiger partial charge in [-0.05, 0) is 39.3 Å². The van der Waals surface area contributed by atoms with E-state index in [1.807, 2.05) is 0 Å². The lowest BCUT2D eigenvalue weighted by Gasteiger charge is -2.37. The molecule has 1 heterocycles. The first kappa shape index (κ1) is 9.47. The molecule has 0 bridgehead atoms. The average molecular weight is 182 g/mol. The molecule has 1 aliphatic heterocycles. The third kappa shape index (κ3) is 2.05. The molecule has 0 radical (unpaired) electrons. The molecule has 0 aromatic carbocycles. The first-order valence-electron chi connectivity index (χ1n) is 5.77. The highest BCUT2D eigenvalue weighted by Gasteiger charge is 2.34. The molecule has 1 saturated carbocycles. The topological polar surface area (TPSA) is 15.3 Å². The van der Waals surface area contributed by atoms with Crippen molar-refractivity contribution in [1.29, 1.82) is 0 Å². The van der Waals surface area contributed by atoms with Gasteiger partial charge >= 0.3 is 0 Å². The van der Waals surface area contributed by atoms with E-state index in [-0.39, 0.29) is 0 Å². The maximum Gasteiger partial charge on any atom is 0.0182 e. The van der Waals surface area contributed by atoms with Crippen LogP contribution in [0.25, 0.3) is 0 Å². The third-order valence-corrected chi connectivity index (χ3v) is 3.78. The summed E-state index contributed by atoms with van der Waals surface area (Å²) in [6.45, 7) is 7.44. The number of hydrogen-bond acceptors (Lipinski definition) is 2. The summed E-state index contributed by atoms with van der Waals surface area (Å²) in [5.41, 5.74) is 0.548. The lowest BCUT2D eigenvalue weighted by molar-refractivity contribution is 0.118. The molecule has 76 valence electrons. The van der Waals surface area contributed by atoms with Gasteiger partial charge in [-0.3, -0.25) is 4.90 Å². The molecule has 2 heteroatoms. The van der Waals surface area contributed by atoms with Gasteiger partial charge < -0.3 is 5.32 Å². The van der Waals surface area contributed by atoms with E-state index in [2.05, 4.69) is 17.1 Å². The Hall–Kier alpha value is -0.0800. The van der Waals surface area contributed by atoms with Gasteiger partial charge in [-0.2, -0.15) is 0 Å². The smallest absolute Gasteiger partial charge is 0.0182 e. The molecule has 1 aliphatic carbocycles. The molecule has 0 spiro atoms. The van der Waals surface area contributed by atoms with Crippen LogP contribution >= 0.6 is 0 Å². The Morgan fingerprint density at radius 2 is 1.77 bits per heavy atom. The largest absolute Gasteiger partial charge is 0.315 e. The summed E-state index contributed by atoms with van der Waals surface area (Å²) in [4.78, 5) is 2.72. The van der Waals surface area contributed by atoms with Crippen LogP contribution in [0.3, 0.4) is 0 Å². The van der Waals surface area contributed by atoms with Gasteiger partial charge in [0.05, 0.1) is 0 Å². The Labute approximate surface area is 81.7 Å². The minimum atomic E-state index is 0.548. The van der Waals surface area contributed by atoms with Crippen molar-refractivity contribution >= 4 is 0 Å². The quantitative estimate of drug-likeness (QED) is 0.663. The molecule has 2 rings (SSSR count). The SMILES string of the molecule is CC1(N2CCCNCC2)CCCC1. The Bertz CT molecular complexity index is 153. The van der Waals surface area contributed by atoms with Gasteiger partial charge in [0.25, 0.3) is 0 Å². The van der Waals surface area contributed by atoms with E-state index in [1.54, 1.807) is 0 Å². The lowest BCUT2D eigenvalue weighted by atomic mass is 9.98. The summed E-state index contributed by atoms with van der Waals surface area (Å²) in [7, 11) is 0. The van der Waals surface area contributed by atoms with E-state index >= 15 is 0 Å². The van der Waals surface area contributed by atoms with E-state index < -0.39 is 0 Å². The summed E-state index contributed by atoms with van der Waals surface area (Å²) in [6.07, 6.45) is 7.07. The second-order valence-corrected chi connectivity index (χ2v) is 4.79. The van der Waals surface area contributed by atoms with Gasteiger partial charge in [0.15, 0.2) is 0 Å². The maximum atomic E-state index is 3.48. The average Bonchev–Trinajstić information content (AvgIpc) is 2.44. The van der Waals surface area contributed by atoms with Crippen molar-refractivity contribution in [2.24, 2.45) is 0 Å². The second kappa shape index (κ2) is 3.97. The minimum absolute atomic E-state index is 0.548. The molecule has 0 amide bonds. The predicted molar refractivity (Wildman–Crippen MR) is 55.9 cm³/mol. The molecular weight excluding hydrogens is 160 g/mol. The summed E-state index contributed by atoms with van der Waals surface area (Å²) in [5.74, 6) is 0. The molecule has 2 fully saturated rings. The van der Waals surface area contributed by atoms with E-state index in [4.69, 9.17) is 0 Å². The summed E-state index contributed by atoms with van der Waals surface area (Å²) in [5, 5.41) is 3.48. The molecule has 0 atom stereocenters. The zero-order chi connectivity index (χ0) is 9.15. The molecule has 13 heavy (non-hydrogen) atoms. The first-order chi connectivity index (χ1) is 6.31. The van der Waals surface area contributed by atoms with E-state index in [1.165, 1.54) is 58.3 Å². The van der Waals surface area contributed by atoms with Crippen molar-refractivity contribution in [2.45, 2.75) is 44.6 Å². The summed E-state index contributed by atoms with van der Waals surface area (Å²) in [6, 6.07) is 0. The third-order valence-electron chi connectivity index (χ3n) is 3.78. The Balaban J connectivity index is 1.96. The Kier molecular flexibility index (Phi) is 2.89. The van der Waals surface area contributed by atoms with Crippen molar-refractivity contribution in [1.82, 2.24) is 10.2 Å². The molecule has 0 unspecified atom stereocenters. The van der Waals surface area contributed by atoms with Crippen molar-refractivity contribution in [2.75, 3.05) is 26.2 Å². The van der Waals surface area contributed by atoms with Gasteiger partial charge in [-0.15, -0.1) is 0 Å². The fourth-order valence-electron chi connectivity index (χ4n) is 2.84. The molecule has 2 aliphatic rings. The van der Waals surface area contributed by atoms with Gasteiger partial charge in [0.2, 0.25) is 0 Å². The van der Waals surface area contributed by atoms with Crippen molar-refractivity contribution in [3.8, 4) is 0 Å². The maximum absolute atomic E-state index is 3.48. The highest BCUT2D eigenvalue weighted by Crippen LogP contribution is 2.34.